The third-order valence-corrected chi connectivity index (χ3v) is 3.24. The summed E-state index contributed by atoms with van der Waals surface area (Å²) >= 11 is 5.82. The van der Waals surface area contributed by atoms with Crippen LogP contribution in [0.15, 0.2) is 36.7 Å². The van der Waals surface area contributed by atoms with Crippen LogP contribution in [0.25, 0.3) is 11.0 Å². The molecule has 9 heteroatoms. The van der Waals surface area contributed by atoms with E-state index in [0.717, 1.165) is 0 Å². The molecule has 0 radical (unpaired) electrons. The van der Waals surface area contributed by atoms with Gasteiger partial charge in [0.1, 0.15) is 5.56 Å². The molecule has 0 bridgehead atoms. The Morgan fingerprint density at radius 3 is 2.95 bits per heavy atom. The molecule has 0 spiro atoms. The van der Waals surface area contributed by atoms with Gasteiger partial charge in [0.15, 0.2) is 5.65 Å². The Hall–Kier alpha value is -3.00. The predicted molar refractivity (Wildman–Crippen MR) is 79.9 cm³/mol. The van der Waals surface area contributed by atoms with Gasteiger partial charge in [0.2, 0.25) is 0 Å². The van der Waals surface area contributed by atoms with Crippen LogP contribution in [0, 0.1) is 10.1 Å². The molecule has 22 heavy (non-hydrogen) atoms. The van der Waals surface area contributed by atoms with E-state index in [9.17, 15) is 14.9 Å². The number of nitrogens with zero attached hydrogens (tertiary/aromatic N) is 3. The van der Waals surface area contributed by atoms with Gasteiger partial charge in [-0.15, -0.1) is 0 Å². The standard InChI is InChI=1S/C13H8ClN5O3/c14-7-1-2-11(19(21)22)8(5-7)13(20)17-10-3-4-15-12-9(10)6-16-18-12/h1-6H,(H2,15,16,17,18,20). The van der Waals surface area contributed by atoms with E-state index in [4.69, 9.17) is 11.6 Å². The monoisotopic (exact) mass is 317 g/mol. The molecule has 3 aromatic rings. The molecule has 8 nitrogen and oxygen atoms in total. The van der Waals surface area contributed by atoms with Crippen LogP contribution < -0.4 is 5.32 Å². The number of H-pyrrole nitrogens is 1. The Morgan fingerprint density at radius 1 is 1.36 bits per heavy atom. The summed E-state index contributed by atoms with van der Waals surface area (Å²) in [6.45, 7) is 0. The minimum Gasteiger partial charge on any atom is -0.321 e. The van der Waals surface area contributed by atoms with Crippen molar-refractivity contribution in [1.82, 2.24) is 15.2 Å². The number of carbonyl (C=O) groups is 1. The first-order chi connectivity index (χ1) is 10.6. The first kappa shape index (κ1) is 14.0. The minimum absolute atomic E-state index is 0.119. The summed E-state index contributed by atoms with van der Waals surface area (Å²) in [4.78, 5) is 26.8. The molecule has 0 unspecified atom stereocenters. The summed E-state index contributed by atoms with van der Waals surface area (Å²) in [5.74, 6) is -0.636. The maximum atomic E-state index is 12.3. The molecule has 0 fully saturated rings. The number of aromatic nitrogens is 3. The summed E-state index contributed by atoms with van der Waals surface area (Å²) in [6.07, 6.45) is 2.99. The third-order valence-electron chi connectivity index (χ3n) is 3.00. The van der Waals surface area contributed by atoms with Crippen molar-refractivity contribution in [2.24, 2.45) is 0 Å². The average molecular weight is 318 g/mol. The number of carbonyl (C=O) groups excluding carboxylic acids is 1. The molecule has 1 aromatic carbocycles. The van der Waals surface area contributed by atoms with Crippen molar-refractivity contribution in [3.05, 3.63) is 57.4 Å². The van der Waals surface area contributed by atoms with E-state index < -0.39 is 10.8 Å². The molecule has 0 aliphatic rings. The highest BCUT2D eigenvalue weighted by Gasteiger charge is 2.21. The number of benzene rings is 1. The van der Waals surface area contributed by atoms with Gasteiger partial charge < -0.3 is 5.32 Å². The number of aromatic amines is 1. The highest BCUT2D eigenvalue weighted by Crippen LogP contribution is 2.25. The molecule has 1 amide bonds. The Morgan fingerprint density at radius 2 is 2.18 bits per heavy atom. The van der Waals surface area contributed by atoms with Gasteiger partial charge in [0.25, 0.3) is 11.6 Å². The fraction of sp³-hybridized carbons (Fsp3) is 0. The van der Waals surface area contributed by atoms with Gasteiger partial charge >= 0.3 is 0 Å². The lowest BCUT2D eigenvalue weighted by Gasteiger charge is -2.07. The second-order valence-electron chi connectivity index (χ2n) is 4.36. The Bertz CT molecular complexity index is 892. The van der Waals surface area contributed by atoms with Crippen LogP contribution in [0.5, 0.6) is 0 Å². The lowest BCUT2D eigenvalue weighted by molar-refractivity contribution is -0.385. The number of hydrogen-bond acceptors (Lipinski definition) is 5. The maximum absolute atomic E-state index is 12.3. The summed E-state index contributed by atoms with van der Waals surface area (Å²) in [7, 11) is 0. The molecule has 0 saturated heterocycles. The van der Waals surface area contributed by atoms with Crippen LogP contribution in [-0.2, 0) is 0 Å². The van der Waals surface area contributed by atoms with Crippen molar-refractivity contribution in [2.45, 2.75) is 0 Å². The summed E-state index contributed by atoms with van der Waals surface area (Å²) in [5, 5.41) is 21.0. The highest BCUT2D eigenvalue weighted by molar-refractivity contribution is 6.31. The number of nitro groups is 1. The van der Waals surface area contributed by atoms with E-state index in [0.29, 0.717) is 16.7 Å². The van der Waals surface area contributed by atoms with Gasteiger partial charge in [-0.25, -0.2) is 4.98 Å². The van der Waals surface area contributed by atoms with Gasteiger partial charge in [-0.05, 0) is 18.2 Å². The van der Waals surface area contributed by atoms with Crippen LogP contribution in [0.3, 0.4) is 0 Å². The maximum Gasteiger partial charge on any atom is 0.282 e. The van der Waals surface area contributed by atoms with Crippen molar-refractivity contribution in [3.8, 4) is 0 Å². The number of rotatable bonds is 3. The highest BCUT2D eigenvalue weighted by atomic mass is 35.5. The molecular weight excluding hydrogens is 310 g/mol. The molecule has 2 heterocycles. The van der Waals surface area contributed by atoms with E-state index in [2.05, 4.69) is 20.5 Å². The van der Waals surface area contributed by atoms with Gasteiger partial charge in [-0.3, -0.25) is 20.0 Å². The van der Waals surface area contributed by atoms with Crippen molar-refractivity contribution in [1.29, 1.82) is 0 Å². The molecule has 0 aliphatic heterocycles. The average Bonchev–Trinajstić information content (AvgIpc) is 2.96. The Balaban J connectivity index is 2.00. The fourth-order valence-electron chi connectivity index (χ4n) is 2.00. The first-order valence-electron chi connectivity index (χ1n) is 6.09. The van der Waals surface area contributed by atoms with Crippen LogP contribution in [0.4, 0.5) is 11.4 Å². The van der Waals surface area contributed by atoms with E-state index in [1.54, 1.807) is 6.07 Å². The number of halogens is 1. The first-order valence-corrected chi connectivity index (χ1v) is 6.47. The van der Waals surface area contributed by atoms with E-state index in [-0.39, 0.29) is 16.3 Å². The topological polar surface area (TPSA) is 114 Å². The second kappa shape index (κ2) is 5.41. The quantitative estimate of drug-likeness (QED) is 0.569. The van der Waals surface area contributed by atoms with Crippen LogP contribution in [-0.4, -0.2) is 26.0 Å². The fourth-order valence-corrected chi connectivity index (χ4v) is 2.17. The Labute approximate surface area is 128 Å². The van der Waals surface area contributed by atoms with Crippen molar-refractivity contribution >= 4 is 39.9 Å². The SMILES string of the molecule is O=C(Nc1ccnc2[nH]ncc12)c1cc(Cl)ccc1[N+](=O)[O-]. The van der Waals surface area contributed by atoms with Crippen molar-refractivity contribution < 1.29 is 9.72 Å². The number of pyridine rings is 1. The zero-order chi connectivity index (χ0) is 15.7. The zero-order valence-electron chi connectivity index (χ0n) is 10.9. The molecule has 2 aromatic heterocycles. The van der Waals surface area contributed by atoms with Crippen molar-refractivity contribution in [2.75, 3.05) is 5.32 Å². The number of anilines is 1. The third kappa shape index (κ3) is 2.47. The van der Waals surface area contributed by atoms with Crippen molar-refractivity contribution in [3.63, 3.8) is 0 Å². The Kier molecular flexibility index (Phi) is 3.43. The summed E-state index contributed by atoms with van der Waals surface area (Å²) in [5.41, 5.74) is 0.502. The number of nitrogens with one attached hydrogen (secondary N) is 2. The number of hydrogen-bond donors (Lipinski definition) is 2. The normalized spacial score (nSPS) is 10.6. The lowest BCUT2D eigenvalue weighted by Crippen LogP contribution is -2.14. The number of fused-ring (bicyclic) bond motifs is 1. The second-order valence-corrected chi connectivity index (χ2v) is 4.80. The van der Waals surface area contributed by atoms with Gasteiger partial charge in [-0.2, -0.15) is 5.10 Å². The van der Waals surface area contributed by atoms with E-state index in [1.807, 2.05) is 0 Å². The molecule has 2 N–H and O–H groups in total. The summed E-state index contributed by atoms with van der Waals surface area (Å²) < 4.78 is 0. The number of amides is 1. The zero-order valence-corrected chi connectivity index (χ0v) is 11.7. The molecule has 110 valence electrons. The smallest absolute Gasteiger partial charge is 0.282 e. The lowest BCUT2D eigenvalue weighted by atomic mass is 10.1. The molecule has 3 rings (SSSR count). The van der Waals surface area contributed by atoms with E-state index >= 15 is 0 Å². The van der Waals surface area contributed by atoms with E-state index in [1.165, 1.54) is 30.6 Å². The van der Waals surface area contributed by atoms with Crippen LogP contribution in [0.1, 0.15) is 10.4 Å². The predicted octanol–water partition coefficient (Wildman–Crippen LogP) is 2.77. The van der Waals surface area contributed by atoms with Gasteiger partial charge in [-0.1, -0.05) is 11.6 Å². The van der Waals surface area contributed by atoms with Gasteiger partial charge in [0, 0.05) is 17.3 Å². The van der Waals surface area contributed by atoms with Crippen LogP contribution >= 0.6 is 11.6 Å². The molecule has 0 saturated carbocycles. The van der Waals surface area contributed by atoms with Gasteiger partial charge in [0.05, 0.1) is 22.2 Å². The van der Waals surface area contributed by atoms with Crippen LogP contribution in [0.2, 0.25) is 5.02 Å². The molecular formula is C13H8ClN5O3. The molecule has 0 atom stereocenters. The largest absolute Gasteiger partial charge is 0.321 e. The molecule has 0 aliphatic carbocycles. The summed E-state index contributed by atoms with van der Waals surface area (Å²) in [6, 6.07) is 5.38. The number of nitro benzene ring substituents is 1. The minimum atomic E-state index is -0.636.